The van der Waals surface area contributed by atoms with Gasteiger partial charge in [-0.1, -0.05) is 0 Å². The van der Waals surface area contributed by atoms with Crippen LogP contribution < -0.4 is 4.90 Å². The third-order valence-corrected chi connectivity index (χ3v) is 5.99. The minimum Gasteiger partial charge on any atom is -0.354 e. The molecule has 0 spiro atoms. The van der Waals surface area contributed by atoms with Crippen molar-refractivity contribution in [2.75, 3.05) is 31.1 Å². The standard InChI is InChI=1S/C21H22F4N6/c22-16-3-4-17(26-12-16)30-9-7-29(8-10-30)13-15-5-6-31-18(11-14-1-2-14)27-28-20(31)19(15)21(23,24)25/h3-6,12,14H,1-2,7-11,13H2. The fourth-order valence-corrected chi connectivity index (χ4v) is 4.13. The molecule has 5 rings (SSSR count). The fourth-order valence-electron chi connectivity index (χ4n) is 4.13. The number of pyridine rings is 2. The number of piperazine rings is 1. The Bertz CT molecular complexity index is 1070. The number of alkyl halides is 3. The molecule has 0 aromatic carbocycles. The van der Waals surface area contributed by atoms with Crippen molar-refractivity contribution in [2.24, 2.45) is 5.92 Å². The number of nitrogens with zero attached hydrogens (tertiary/aromatic N) is 6. The van der Waals surface area contributed by atoms with Gasteiger partial charge in [0, 0.05) is 45.3 Å². The molecule has 10 heteroatoms. The van der Waals surface area contributed by atoms with Crippen molar-refractivity contribution < 1.29 is 17.6 Å². The average molecular weight is 434 g/mol. The normalized spacial score (nSPS) is 18.1. The smallest absolute Gasteiger partial charge is 0.354 e. The van der Waals surface area contributed by atoms with Crippen LogP contribution in [0.25, 0.3) is 5.65 Å². The van der Waals surface area contributed by atoms with E-state index in [1.54, 1.807) is 18.3 Å². The predicted octanol–water partition coefficient (Wildman–Crippen LogP) is 3.56. The van der Waals surface area contributed by atoms with Crippen molar-refractivity contribution in [1.82, 2.24) is 24.5 Å². The second kappa shape index (κ2) is 7.74. The van der Waals surface area contributed by atoms with Crippen molar-refractivity contribution in [2.45, 2.75) is 32.0 Å². The first-order chi connectivity index (χ1) is 14.9. The molecule has 1 saturated heterocycles. The van der Waals surface area contributed by atoms with Gasteiger partial charge in [-0.05, 0) is 42.5 Å². The number of halogens is 4. The molecule has 1 saturated carbocycles. The van der Waals surface area contributed by atoms with E-state index in [1.165, 1.54) is 16.7 Å². The number of anilines is 1. The maximum absolute atomic E-state index is 14.0. The van der Waals surface area contributed by atoms with Crippen LogP contribution in [0.15, 0.2) is 30.6 Å². The van der Waals surface area contributed by atoms with Crippen molar-refractivity contribution >= 4 is 11.5 Å². The second-order valence-corrected chi connectivity index (χ2v) is 8.27. The maximum atomic E-state index is 14.0. The molecule has 0 bridgehead atoms. The first kappa shape index (κ1) is 20.2. The molecule has 4 heterocycles. The lowest BCUT2D eigenvalue weighted by Crippen LogP contribution is -2.46. The molecule has 1 aliphatic heterocycles. The lowest BCUT2D eigenvalue weighted by atomic mass is 10.1. The molecule has 164 valence electrons. The Hall–Kier alpha value is -2.75. The summed E-state index contributed by atoms with van der Waals surface area (Å²) in [5.74, 6) is 1.37. The molecule has 2 aliphatic rings. The minimum absolute atomic E-state index is 0.116. The number of hydrogen-bond acceptors (Lipinski definition) is 5. The van der Waals surface area contributed by atoms with E-state index >= 15 is 0 Å². The highest BCUT2D eigenvalue weighted by atomic mass is 19.4. The minimum atomic E-state index is -4.51. The molecule has 0 atom stereocenters. The van der Waals surface area contributed by atoms with Gasteiger partial charge in [-0.3, -0.25) is 9.30 Å². The third kappa shape index (κ3) is 4.21. The molecule has 3 aromatic heterocycles. The van der Waals surface area contributed by atoms with Gasteiger partial charge >= 0.3 is 6.18 Å². The zero-order chi connectivity index (χ0) is 21.6. The largest absolute Gasteiger partial charge is 0.420 e. The molecule has 0 N–H and O–H groups in total. The van der Waals surface area contributed by atoms with E-state index < -0.39 is 17.6 Å². The van der Waals surface area contributed by atoms with E-state index in [9.17, 15) is 17.6 Å². The number of fused-ring (bicyclic) bond motifs is 1. The summed E-state index contributed by atoms with van der Waals surface area (Å²) in [4.78, 5) is 8.08. The van der Waals surface area contributed by atoms with Crippen LogP contribution in [0, 0.1) is 11.7 Å². The zero-order valence-electron chi connectivity index (χ0n) is 16.8. The van der Waals surface area contributed by atoms with E-state index in [2.05, 4.69) is 15.2 Å². The number of hydrogen-bond donors (Lipinski definition) is 0. The van der Waals surface area contributed by atoms with Crippen LogP contribution in [0.4, 0.5) is 23.4 Å². The highest BCUT2D eigenvalue weighted by Crippen LogP contribution is 2.37. The SMILES string of the molecule is Fc1ccc(N2CCN(Cc3ccn4c(CC5CC5)nnc4c3C(F)(F)F)CC2)nc1. The van der Waals surface area contributed by atoms with Gasteiger partial charge in [-0.25, -0.2) is 9.37 Å². The first-order valence-electron chi connectivity index (χ1n) is 10.4. The molecule has 3 aromatic rings. The van der Waals surface area contributed by atoms with E-state index in [-0.39, 0.29) is 17.8 Å². The molecule has 31 heavy (non-hydrogen) atoms. The summed E-state index contributed by atoms with van der Waals surface area (Å²) in [5.41, 5.74) is -0.610. The molecule has 0 unspecified atom stereocenters. The quantitative estimate of drug-likeness (QED) is 0.575. The van der Waals surface area contributed by atoms with E-state index in [0.29, 0.717) is 50.2 Å². The Morgan fingerprint density at radius 1 is 1.00 bits per heavy atom. The molecule has 2 fully saturated rings. The van der Waals surface area contributed by atoms with E-state index in [4.69, 9.17) is 0 Å². The monoisotopic (exact) mass is 434 g/mol. The summed E-state index contributed by atoms with van der Waals surface area (Å²) in [5, 5.41) is 7.95. The van der Waals surface area contributed by atoms with E-state index in [1.807, 2.05) is 9.80 Å². The summed E-state index contributed by atoms with van der Waals surface area (Å²) in [6.45, 7) is 2.57. The third-order valence-electron chi connectivity index (χ3n) is 5.99. The Morgan fingerprint density at radius 3 is 2.42 bits per heavy atom. The first-order valence-corrected chi connectivity index (χ1v) is 10.4. The Labute approximate surface area is 176 Å². The van der Waals surface area contributed by atoms with Gasteiger partial charge in [0.05, 0.1) is 6.20 Å². The van der Waals surface area contributed by atoms with Crippen molar-refractivity contribution in [3.05, 3.63) is 53.4 Å². The molecular formula is C21H22F4N6. The molecule has 0 amide bonds. The van der Waals surface area contributed by atoms with Crippen LogP contribution in [-0.4, -0.2) is 50.7 Å². The van der Waals surface area contributed by atoms with Gasteiger partial charge in [0.15, 0.2) is 5.65 Å². The topological polar surface area (TPSA) is 49.6 Å². The predicted molar refractivity (Wildman–Crippen MR) is 106 cm³/mol. The highest BCUT2D eigenvalue weighted by molar-refractivity contribution is 5.53. The van der Waals surface area contributed by atoms with Gasteiger partial charge in [-0.2, -0.15) is 13.2 Å². The van der Waals surface area contributed by atoms with Gasteiger partial charge in [0.25, 0.3) is 0 Å². The number of rotatable bonds is 5. The Morgan fingerprint density at radius 2 is 1.77 bits per heavy atom. The van der Waals surface area contributed by atoms with Gasteiger partial charge in [0.2, 0.25) is 0 Å². The second-order valence-electron chi connectivity index (χ2n) is 8.27. The molecule has 6 nitrogen and oxygen atoms in total. The van der Waals surface area contributed by atoms with Gasteiger partial charge in [0.1, 0.15) is 23.0 Å². The highest BCUT2D eigenvalue weighted by Gasteiger charge is 2.38. The van der Waals surface area contributed by atoms with Crippen LogP contribution >= 0.6 is 0 Å². The molecule has 0 radical (unpaired) electrons. The average Bonchev–Trinajstić information content (AvgIpc) is 3.47. The van der Waals surface area contributed by atoms with Crippen molar-refractivity contribution in [3.63, 3.8) is 0 Å². The van der Waals surface area contributed by atoms with Crippen LogP contribution in [-0.2, 0) is 19.1 Å². The summed E-state index contributed by atoms with van der Waals surface area (Å²) in [7, 11) is 0. The van der Waals surface area contributed by atoms with Crippen LogP contribution in [0.2, 0.25) is 0 Å². The van der Waals surface area contributed by atoms with Crippen LogP contribution in [0.5, 0.6) is 0 Å². The van der Waals surface area contributed by atoms with Crippen LogP contribution in [0.1, 0.15) is 29.8 Å². The van der Waals surface area contributed by atoms with Gasteiger partial charge < -0.3 is 4.90 Å². The summed E-state index contributed by atoms with van der Waals surface area (Å²) in [6.07, 6.45) is 1.18. The van der Waals surface area contributed by atoms with Crippen molar-refractivity contribution in [3.8, 4) is 0 Å². The fraction of sp³-hybridized carbons (Fsp3) is 0.476. The summed E-state index contributed by atoms with van der Waals surface area (Å²) >= 11 is 0. The molecule has 1 aliphatic carbocycles. The lowest BCUT2D eigenvalue weighted by Gasteiger charge is -2.35. The zero-order valence-corrected chi connectivity index (χ0v) is 16.8. The molecular weight excluding hydrogens is 412 g/mol. The summed E-state index contributed by atoms with van der Waals surface area (Å²) in [6, 6.07) is 4.52. The van der Waals surface area contributed by atoms with Crippen LogP contribution in [0.3, 0.4) is 0 Å². The van der Waals surface area contributed by atoms with Gasteiger partial charge in [-0.15, -0.1) is 10.2 Å². The Kier molecular flexibility index (Phi) is 5.04. The van der Waals surface area contributed by atoms with Crippen molar-refractivity contribution in [1.29, 1.82) is 0 Å². The van der Waals surface area contributed by atoms with E-state index in [0.717, 1.165) is 12.8 Å². The maximum Gasteiger partial charge on any atom is 0.420 e. The number of aromatic nitrogens is 4. The lowest BCUT2D eigenvalue weighted by molar-refractivity contribution is -0.137. The summed E-state index contributed by atoms with van der Waals surface area (Å²) < 4.78 is 56.5. The Balaban J connectivity index is 1.34.